The van der Waals surface area contributed by atoms with Gasteiger partial charge in [-0.05, 0) is 96.8 Å². The van der Waals surface area contributed by atoms with Crippen molar-refractivity contribution in [2.45, 2.75) is 222 Å². The highest BCUT2D eigenvalue weighted by Gasteiger charge is 2.41. The molecule has 0 aliphatic rings. The van der Waals surface area contributed by atoms with Crippen molar-refractivity contribution in [2.24, 2.45) is 0 Å². The Hall–Kier alpha value is -3.06. The second-order valence-electron chi connectivity index (χ2n) is 26.4. The molecule has 4 aromatic rings. The zero-order valence-corrected chi connectivity index (χ0v) is 46.8. The van der Waals surface area contributed by atoms with Crippen molar-refractivity contribution in [3.8, 4) is 23.0 Å². The first kappa shape index (κ1) is 53.6. The third kappa shape index (κ3) is 13.5. The number of hydrogen-bond donors (Lipinski definition) is 0. The summed E-state index contributed by atoms with van der Waals surface area (Å²) in [6.07, 6.45) is 0. The van der Waals surface area contributed by atoms with Crippen LogP contribution in [0, 0.1) is 0 Å². The highest BCUT2D eigenvalue weighted by atomic mass is 31.2. The van der Waals surface area contributed by atoms with E-state index in [0.717, 1.165) is 45.3 Å². The number of hydrogen-bond acceptors (Lipinski definition) is 4. The zero-order valence-electron chi connectivity index (χ0n) is 45.0. The average Bonchev–Trinajstić information content (AvgIpc) is 3.11. The van der Waals surface area contributed by atoms with Crippen molar-refractivity contribution in [3.63, 3.8) is 0 Å². The summed E-state index contributed by atoms with van der Waals surface area (Å²) in [5.41, 5.74) is 8.77. The molecule has 354 valence electrons. The molecule has 0 bridgehead atoms. The van der Waals surface area contributed by atoms with Gasteiger partial charge in [0.05, 0.1) is 0 Å². The second kappa shape index (κ2) is 18.6. The fourth-order valence-corrected chi connectivity index (χ4v) is 10.7. The Kier molecular flexibility index (Phi) is 15.5. The average molecular weight is 911 g/mol. The lowest BCUT2D eigenvalue weighted by Gasteiger charge is -2.35. The van der Waals surface area contributed by atoms with Gasteiger partial charge in [0.2, 0.25) is 0 Å². The molecule has 0 saturated carbocycles. The van der Waals surface area contributed by atoms with E-state index in [1.807, 2.05) is 0 Å². The van der Waals surface area contributed by atoms with E-state index in [2.05, 4.69) is 246 Å². The van der Waals surface area contributed by atoms with Gasteiger partial charge in [0.25, 0.3) is 0 Å². The Labute approximate surface area is 395 Å². The van der Waals surface area contributed by atoms with E-state index in [9.17, 15) is 0 Å². The van der Waals surface area contributed by atoms with Crippen LogP contribution in [0.4, 0.5) is 0 Å². The second-order valence-corrected chi connectivity index (χ2v) is 30.2. The third-order valence-electron chi connectivity index (χ3n) is 12.0. The van der Waals surface area contributed by atoms with Gasteiger partial charge in [-0.25, -0.2) is 0 Å². The molecule has 0 fully saturated rings. The Morgan fingerprint density at radius 2 is 0.453 bits per heavy atom. The lowest BCUT2D eigenvalue weighted by atomic mass is 9.80. The first-order chi connectivity index (χ1) is 28.7. The molecule has 4 nitrogen and oxygen atoms in total. The predicted octanol–water partition coefficient (Wildman–Crippen LogP) is 18.7. The minimum absolute atomic E-state index is 0.0277. The summed E-state index contributed by atoms with van der Waals surface area (Å²) >= 11 is 0. The van der Waals surface area contributed by atoms with Crippen molar-refractivity contribution in [1.82, 2.24) is 0 Å². The lowest BCUT2D eigenvalue weighted by Crippen LogP contribution is -2.22. The highest BCUT2D eigenvalue weighted by molar-refractivity contribution is 7.67. The largest absolute Gasteiger partial charge is 0.438 e. The fraction of sp³-hybridized carbons (Fsp3) is 0.586. The summed E-state index contributed by atoms with van der Waals surface area (Å²) in [5.74, 6) is 3.30. The molecule has 6 heteroatoms. The molecular formula is C58H88O4P2. The molecule has 0 atom stereocenters. The molecule has 0 spiro atoms. The van der Waals surface area contributed by atoms with Gasteiger partial charge in [-0.1, -0.05) is 215 Å². The van der Waals surface area contributed by atoms with Crippen LogP contribution in [-0.2, 0) is 43.3 Å². The maximum atomic E-state index is 7.45. The van der Waals surface area contributed by atoms with Gasteiger partial charge in [0.15, 0.2) is 0 Å². The van der Waals surface area contributed by atoms with Gasteiger partial charge in [-0.15, -0.1) is 0 Å². The van der Waals surface area contributed by atoms with E-state index >= 15 is 0 Å². The van der Waals surface area contributed by atoms with Crippen LogP contribution < -0.4 is 18.1 Å². The van der Waals surface area contributed by atoms with Crippen LogP contribution >= 0.6 is 16.8 Å². The van der Waals surface area contributed by atoms with Crippen LogP contribution in [0.25, 0.3) is 0 Å². The Balaban J connectivity index is 2.07. The van der Waals surface area contributed by atoms with E-state index in [0.29, 0.717) is 0 Å². The monoisotopic (exact) mass is 911 g/mol. The topological polar surface area (TPSA) is 36.9 Å². The maximum absolute atomic E-state index is 7.45. The minimum Gasteiger partial charge on any atom is -0.438 e. The fourth-order valence-electron chi connectivity index (χ4n) is 7.46. The summed E-state index contributed by atoms with van der Waals surface area (Å²) in [6.45, 7) is 56.6. The molecule has 0 aromatic heterocycles. The maximum Gasteiger partial charge on any atom is 0.305 e. The van der Waals surface area contributed by atoms with Crippen LogP contribution in [0.5, 0.6) is 23.0 Å². The Bertz CT molecular complexity index is 1920. The van der Waals surface area contributed by atoms with Gasteiger partial charge in [0, 0.05) is 22.3 Å². The van der Waals surface area contributed by atoms with Crippen LogP contribution in [0.15, 0.2) is 72.8 Å². The summed E-state index contributed by atoms with van der Waals surface area (Å²) in [7, 11) is -3.51. The van der Waals surface area contributed by atoms with Gasteiger partial charge in [0.1, 0.15) is 28.4 Å². The molecule has 4 aromatic carbocycles. The molecule has 0 heterocycles. The number of rotatable bonds is 10. The molecule has 0 amide bonds. The van der Waals surface area contributed by atoms with E-state index in [1.165, 1.54) is 22.3 Å². The molecule has 0 saturated heterocycles. The Morgan fingerprint density at radius 1 is 0.281 bits per heavy atom. The van der Waals surface area contributed by atoms with Gasteiger partial charge < -0.3 is 18.1 Å². The van der Waals surface area contributed by atoms with Crippen LogP contribution in [-0.4, -0.2) is 5.40 Å². The lowest BCUT2D eigenvalue weighted by molar-refractivity contribution is 0.437. The number of benzene rings is 4. The van der Waals surface area contributed by atoms with Crippen molar-refractivity contribution in [1.29, 1.82) is 0 Å². The van der Waals surface area contributed by atoms with Gasteiger partial charge in [-0.3, -0.25) is 0 Å². The van der Waals surface area contributed by atoms with Crippen LogP contribution in [0.2, 0.25) is 0 Å². The first-order valence-corrected chi connectivity index (χ1v) is 26.1. The predicted molar refractivity (Wildman–Crippen MR) is 281 cm³/mol. The minimum atomic E-state index is -1.75. The molecule has 0 aliphatic heterocycles. The van der Waals surface area contributed by atoms with Crippen molar-refractivity contribution < 1.29 is 18.1 Å². The standard InChI is InChI=1S/C58H88O4P2/c1-38(63(59-47-30-26-39(51(2,3)4)34-43(47)55(14,15)16)60-48-31-27-40(52(5,6)7)35-44(48)56(17,18)19)64(61-49-32-28-41(53(8,9)10)36-45(49)57(20,21)22)62-50-33-29-42(54(11,12)13)37-46(50)58(23,24)25/h26-38H,1-25H3. The smallest absolute Gasteiger partial charge is 0.305 e. The van der Waals surface area contributed by atoms with Crippen molar-refractivity contribution in [3.05, 3.63) is 117 Å². The van der Waals surface area contributed by atoms with E-state index in [4.69, 9.17) is 18.1 Å². The molecule has 64 heavy (non-hydrogen) atoms. The summed E-state index contributed by atoms with van der Waals surface area (Å²) in [6, 6.07) is 26.9. The van der Waals surface area contributed by atoms with Crippen LogP contribution in [0.3, 0.4) is 0 Å². The first-order valence-electron chi connectivity index (χ1n) is 23.6. The van der Waals surface area contributed by atoms with E-state index in [-0.39, 0.29) is 48.7 Å². The van der Waals surface area contributed by atoms with Crippen molar-refractivity contribution >= 4 is 16.8 Å². The summed E-state index contributed by atoms with van der Waals surface area (Å²) < 4.78 is 29.8. The van der Waals surface area contributed by atoms with E-state index in [1.54, 1.807) is 0 Å². The zero-order chi connectivity index (χ0) is 49.0. The van der Waals surface area contributed by atoms with Crippen molar-refractivity contribution in [2.75, 3.05) is 0 Å². The van der Waals surface area contributed by atoms with Gasteiger partial charge in [-0.2, -0.15) is 0 Å². The summed E-state index contributed by atoms with van der Waals surface area (Å²) in [5, 5.41) is -0.333. The van der Waals surface area contributed by atoms with Gasteiger partial charge >= 0.3 is 16.8 Å². The molecule has 0 unspecified atom stereocenters. The molecule has 4 rings (SSSR count). The molecule has 0 radical (unpaired) electrons. The molecule has 0 aliphatic carbocycles. The quantitative estimate of drug-likeness (QED) is 0.149. The Morgan fingerprint density at radius 3 is 0.594 bits per heavy atom. The molecular weight excluding hydrogens is 823 g/mol. The van der Waals surface area contributed by atoms with Crippen LogP contribution in [0.1, 0.15) is 218 Å². The summed E-state index contributed by atoms with van der Waals surface area (Å²) in [4.78, 5) is 0. The normalized spacial score (nSPS) is 13.8. The highest BCUT2D eigenvalue weighted by Crippen LogP contribution is 2.62. The third-order valence-corrected chi connectivity index (χ3v) is 15.8. The molecule has 0 N–H and O–H groups in total. The van der Waals surface area contributed by atoms with E-state index < -0.39 is 16.8 Å². The SMILES string of the molecule is CC(P(Oc1ccc(C(C)(C)C)cc1C(C)(C)C)Oc1ccc(C(C)(C)C)cc1C(C)(C)C)P(Oc1ccc(C(C)(C)C)cc1C(C)(C)C)Oc1ccc(C(C)(C)C)cc1C(C)(C)C.